The molecule has 1 atom stereocenters. The van der Waals surface area contributed by atoms with Crippen molar-refractivity contribution in [2.45, 2.75) is 38.5 Å². The Morgan fingerprint density at radius 2 is 2.19 bits per heavy atom. The maximum Gasteiger partial charge on any atom is 0.417 e. The van der Waals surface area contributed by atoms with E-state index in [0.717, 1.165) is 6.07 Å². The van der Waals surface area contributed by atoms with Crippen LogP contribution in [0.3, 0.4) is 0 Å². The smallest absolute Gasteiger partial charge is 0.348 e. The van der Waals surface area contributed by atoms with Crippen LogP contribution in [-0.4, -0.2) is 33.3 Å². The molecule has 0 spiro atoms. The molecule has 2 aromatic rings. The predicted octanol–water partition coefficient (Wildman–Crippen LogP) is 3.64. The van der Waals surface area contributed by atoms with Crippen LogP contribution >= 0.6 is 11.6 Å². The maximum atomic E-state index is 13.2. The molecule has 0 aromatic carbocycles. The van der Waals surface area contributed by atoms with Crippen LogP contribution in [-0.2, 0) is 22.2 Å². The Morgan fingerprint density at radius 3 is 2.77 bits per heavy atom. The monoisotopic (exact) mass is 386 g/mol. The van der Waals surface area contributed by atoms with Crippen LogP contribution in [0, 0.1) is 11.3 Å². The molecule has 0 aliphatic carbocycles. The summed E-state index contributed by atoms with van der Waals surface area (Å²) in [6, 6.07) is 2.24. The molecule has 0 N–H and O–H groups in total. The minimum absolute atomic E-state index is 0.0171. The largest absolute Gasteiger partial charge is 0.417 e. The molecular weight excluding hydrogens is 373 g/mol. The van der Waals surface area contributed by atoms with Crippen molar-refractivity contribution in [1.82, 2.24) is 14.8 Å². The fraction of sp³-hybridized carbons (Fsp3) is 0.438. The van der Waals surface area contributed by atoms with Gasteiger partial charge in [-0.1, -0.05) is 11.6 Å². The molecular formula is C16H14ClF3N4O2. The second-order valence-electron chi connectivity index (χ2n) is 6.23. The molecule has 10 heteroatoms. The van der Waals surface area contributed by atoms with Crippen molar-refractivity contribution in [1.29, 1.82) is 5.26 Å². The first-order valence-corrected chi connectivity index (χ1v) is 7.99. The van der Waals surface area contributed by atoms with Crippen LogP contribution in [0.5, 0.6) is 0 Å². The molecule has 1 unspecified atom stereocenters. The van der Waals surface area contributed by atoms with Crippen LogP contribution in [0.4, 0.5) is 13.2 Å². The van der Waals surface area contributed by atoms with Gasteiger partial charge in [0.15, 0.2) is 5.79 Å². The van der Waals surface area contributed by atoms with Gasteiger partial charge in [0, 0.05) is 11.8 Å². The van der Waals surface area contributed by atoms with Gasteiger partial charge < -0.3 is 9.47 Å². The summed E-state index contributed by atoms with van der Waals surface area (Å²) in [7, 11) is 0. The van der Waals surface area contributed by atoms with Gasteiger partial charge in [-0.15, -0.1) is 0 Å². The third-order valence-electron chi connectivity index (χ3n) is 3.78. The first kappa shape index (κ1) is 18.6. The summed E-state index contributed by atoms with van der Waals surface area (Å²) in [5, 5.41) is 12.5. The molecule has 0 radical (unpaired) electrons. The highest BCUT2D eigenvalue weighted by atomic mass is 35.5. The lowest BCUT2D eigenvalue weighted by molar-refractivity contribution is -0.140. The van der Waals surface area contributed by atoms with Crippen LogP contribution < -0.4 is 0 Å². The number of halogens is 4. The number of ether oxygens (including phenoxy) is 2. The molecule has 1 aliphatic heterocycles. The molecule has 0 saturated carbocycles. The summed E-state index contributed by atoms with van der Waals surface area (Å²) in [6.45, 7) is 4.35. The number of alkyl halides is 3. The molecule has 0 bridgehead atoms. The zero-order chi connectivity index (χ0) is 19.1. The number of hydrogen-bond donors (Lipinski definition) is 0. The maximum absolute atomic E-state index is 13.2. The highest BCUT2D eigenvalue weighted by Gasteiger charge is 2.36. The number of nitriles is 1. The van der Waals surface area contributed by atoms with Crippen LogP contribution in [0.25, 0.3) is 11.3 Å². The molecule has 1 saturated heterocycles. The van der Waals surface area contributed by atoms with Gasteiger partial charge in [-0.3, -0.25) is 4.68 Å². The molecule has 1 aliphatic rings. The number of nitrogens with zero attached hydrogens (tertiary/aromatic N) is 4. The zero-order valence-electron chi connectivity index (χ0n) is 13.8. The lowest BCUT2D eigenvalue weighted by Crippen LogP contribution is -2.24. The van der Waals surface area contributed by atoms with Crippen molar-refractivity contribution in [2.24, 2.45) is 0 Å². The van der Waals surface area contributed by atoms with E-state index in [1.54, 1.807) is 20.0 Å². The fourth-order valence-electron chi connectivity index (χ4n) is 2.65. The fourth-order valence-corrected chi connectivity index (χ4v) is 2.88. The average Bonchev–Trinajstić information content (AvgIpc) is 3.12. The molecule has 1 fully saturated rings. The van der Waals surface area contributed by atoms with Crippen molar-refractivity contribution < 1.29 is 22.6 Å². The molecule has 138 valence electrons. The highest BCUT2D eigenvalue weighted by molar-refractivity contribution is 6.30. The van der Waals surface area contributed by atoms with Crippen molar-refractivity contribution in [3.05, 3.63) is 34.7 Å². The normalized spacial score (nSPS) is 19.5. The molecule has 0 amide bonds. The summed E-state index contributed by atoms with van der Waals surface area (Å²) in [6.07, 6.45) is -2.02. The zero-order valence-corrected chi connectivity index (χ0v) is 14.6. The Hall–Kier alpha value is -2.15. The van der Waals surface area contributed by atoms with Crippen LogP contribution in [0.2, 0.25) is 5.15 Å². The van der Waals surface area contributed by atoms with E-state index in [-0.39, 0.29) is 11.8 Å². The number of pyridine rings is 1. The Kier molecular flexibility index (Phi) is 4.69. The van der Waals surface area contributed by atoms with Gasteiger partial charge in [-0.05, 0) is 19.9 Å². The number of hydrogen-bond acceptors (Lipinski definition) is 5. The number of rotatable bonds is 3. The van der Waals surface area contributed by atoms with Gasteiger partial charge in [-0.25, -0.2) is 4.98 Å². The SMILES string of the molecule is CC1(C)OCC(Cn2cc(-c3cc(C(F)(F)F)c(C#N)c(Cl)n3)cn2)O1. The predicted molar refractivity (Wildman–Crippen MR) is 85.1 cm³/mol. The van der Waals surface area contributed by atoms with Gasteiger partial charge in [0.05, 0.1) is 30.6 Å². The Bertz CT molecular complexity index is 873. The summed E-state index contributed by atoms with van der Waals surface area (Å²) >= 11 is 5.77. The Morgan fingerprint density at radius 1 is 1.46 bits per heavy atom. The third-order valence-corrected chi connectivity index (χ3v) is 4.05. The minimum atomic E-state index is -4.72. The third kappa shape index (κ3) is 3.82. The van der Waals surface area contributed by atoms with Gasteiger partial charge in [0.25, 0.3) is 0 Å². The first-order valence-electron chi connectivity index (χ1n) is 7.61. The average molecular weight is 387 g/mol. The molecule has 6 nitrogen and oxygen atoms in total. The molecule has 26 heavy (non-hydrogen) atoms. The van der Waals surface area contributed by atoms with Gasteiger partial charge in [0.1, 0.15) is 22.9 Å². The standard InChI is InChI=1S/C16H14ClF3N4O2/c1-15(2)25-8-10(26-15)7-24-6-9(5-22-24)13-3-12(16(18,19)20)11(4-21)14(17)23-13/h3,5-6,10H,7-8H2,1-2H3. The summed E-state index contributed by atoms with van der Waals surface area (Å²) in [5.41, 5.74) is -1.50. The highest BCUT2D eigenvalue weighted by Crippen LogP contribution is 2.36. The van der Waals surface area contributed by atoms with E-state index in [0.29, 0.717) is 18.7 Å². The van der Waals surface area contributed by atoms with Gasteiger partial charge >= 0.3 is 6.18 Å². The van der Waals surface area contributed by atoms with E-state index in [1.165, 1.54) is 16.9 Å². The van der Waals surface area contributed by atoms with E-state index in [4.69, 9.17) is 26.3 Å². The van der Waals surface area contributed by atoms with Crippen molar-refractivity contribution >= 4 is 11.6 Å². The second-order valence-corrected chi connectivity index (χ2v) is 6.59. The quantitative estimate of drug-likeness (QED) is 0.753. The molecule has 3 rings (SSSR count). The lowest BCUT2D eigenvalue weighted by Gasteiger charge is -2.16. The van der Waals surface area contributed by atoms with E-state index in [2.05, 4.69) is 10.1 Å². The van der Waals surface area contributed by atoms with E-state index < -0.39 is 28.2 Å². The number of aromatic nitrogens is 3. The van der Waals surface area contributed by atoms with Crippen molar-refractivity contribution in [2.75, 3.05) is 6.61 Å². The van der Waals surface area contributed by atoms with Crippen LogP contribution in [0.1, 0.15) is 25.0 Å². The Balaban J connectivity index is 1.88. The van der Waals surface area contributed by atoms with E-state index in [1.807, 2.05) is 0 Å². The van der Waals surface area contributed by atoms with E-state index >= 15 is 0 Å². The molecule has 3 heterocycles. The minimum Gasteiger partial charge on any atom is -0.348 e. The second kappa shape index (κ2) is 6.54. The topological polar surface area (TPSA) is 73.0 Å². The summed E-state index contributed by atoms with van der Waals surface area (Å²) in [4.78, 5) is 3.89. The Labute approximate surface area is 152 Å². The lowest BCUT2D eigenvalue weighted by atomic mass is 10.1. The summed E-state index contributed by atoms with van der Waals surface area (Å²) in [5.74, 6) is -0.676. The van der Waals surface area contributed by atoms with Crippen molar-refractivity contribution in [3.63, 3.8) is 0 Å². The van der Waals surface area contributed by atoms with Gasteiger partial charge in [0.2, 0.25) is 0 Å². The van der Waals surface area contributed by atoms with E-state index in [9.17, 15) is 13.2 Å². The van der Waals surface area contributed by atoms with Gasteiger partial charge in [-0.2, -0.15) is 23.5 Å². The first-order chi connectivity index (χ1) is 12.1. The van der Waals surface area contributed by atoms with Crippen molar-refractivity contribution in [3.8, 4) is 17.3 Å². The molecule has 2 aromatic heterocycles. The van der Waals surface area contributed by atoms with Crippen LogP contribution in [0.15, 0.2) is 18.5 Å². The summed E-state index contributed by atoms with van der Waals surface area (Å²) < 4.78 is 52.2.